The zero-order valence-corrected chi connectivity index (χ0v) is 16.1. The van der Waals surface area contributed by atoms with Gasteiger partial charge in [0.1, 0.15) is 17.2 Å². The summed E-state index contributed by atoms with van der Waals surface area (Å²) in [5, 5.41) is 4.91. The number of alkyl carbamates (subject to hydrolysis) is 2. The molecule has 9 heteroatoms. The first-order valence-corrected chi connectivity index (χ1v) is 8.49. The molecule has 0 aromatic carbocycles. The van der Waals surface area contributed by atoms with Gasteiger partial charge in [0, 0.05) is 0 Å². The minimum Gasteiger partial charge on any atom is -0.444 e. The van der Waals surface area contributed by atoms with Crippen LogP contribution in [0.25, 0.3) is 0 Å². The lowest BCUT2D eigenvalue weighted by atomic mass is 10.2. The fourth-order valence-corrected chi connectivity index (χ4v) is 1.65. The van der Waals surface area contributed by atoms with E-state index in [1.807, 2.05) is 0 Å². The number of thioether (sulfide) groups is 1. The van der Waals surface area contributed by atoms with Crippen molar-refractivity contribution in [1.82, 2.24) is 10.6 Å². The van der Waals surface area contributed by atoms with Crippen LogP contribution in [-0.2, 0) is 14.3 Å². The fraction of sp³-hybridized carbons (Fsp3) is 0.733. The van der Waals surface area contributed by atoms with Crippen molar-refractivity contribution in [2.75, 3.05) is 5.88 Å². The Morgan fingerprint density at radius 1 is 1.04 bits per heavy atom. The number of nitrogens with zero attached hydrogens (tertiary/aromatic N) is 1. The quantitative estimate of drug-likeness (QED) is 0.337. The van der Waals surface area contributed by atoms with Gasteiger partial charge in [-0.1, -0.05) is 11.8 Å². The van der Waals surface area contributed by atoms with Crippen LogP contribution in [0.4, 0.5) is 9.59 Å². The van der Waals surface area contributed by atoms with Gasteiger partial charge in [-0.2, -0.15) is 0 Å². The molecule has 0 aliphatic rings. The SMILES string of the molecule is C[C@H](NC(=O)OC(C)(C)C)C(=O)N=CSCNC(=O)OC(C)(C)C. The molecule has 0 aliphatic heterocycles. The Hall–Kier alpha value is -1.77. The van der Waals surface area contributed by atoms with E-state index in [9.17, 15) is 14.4 Å². The summed E-state index contributed by atoms with van der Waals surface area (Å²) in [6.45, 7) is 12.0. The third-order valence-corrected chi connectivity index (χ3v) is 2.62. The minimum atomic E-state index is -0.810. The number of amides is 3. The van der Waals surface area contributed by atoms with E-state index in [0.717, 1.165) is 11.8 Å². The van der Waals surface area contributed by atoms with Crippen LogP contribution >= 0.6 is 11.8 Å². The Labute approximate surface area is 147 Å². The van der Waals surface area contributed by atoms with Crippen LogP contribution in [0.15, 0.2) is 4.99 Å². The minimum absolute atomic E-state index is 0.208. The molecular weight excluding hydrogens is 334 g/mol. The first-order chi connectivity index (χ1) is 10.8. The van der Waals surface area contributed by atoms with Crippen molar-refractivity contribution in [2.24, 2.45) is 4.99 Å². The summed E-state index contributed by atoms with van der Waals surface area (Å²) in [5.41, 5.74) is 0.0911. The van der Waals surface area contributed by atoms with Crippen LogP contribution in [0.3, 0.4) is 0 Å². The van der Waals surface area contributed by atoms with Gasteiger partial charge in [-0.05, 0) is 48.5 Å². The molecule has 0 fully saturated rings. The number of rotatable bonds is 5. The van der Waals surface area contributed by atoms with Crippen LogP contribution < -0.4 is 10.6 Å². The number of carbonyl (C=O) groups excluding carboxylic acids is 3. The summed E-state index contributed by atoms with van der Waals surface area (Å²) in [4.78, 5) is 38.3. The van der Waals surface area contributed by atoms with E-state index in [4.69, 9.17) is 9.47 Å². The fourth-order valence-electron chi connectivity index (χ4n) is 1.20. The standard InChI is InChI=1S/C15H27N3O5S/c1-10(18-13(21)23-15(5,6)7)11(19)16-8-24-9-17-12(20)22-14(2,3)4/h8,10H,9H2,1-7H3,(H,17,20)(H,18,21)/t10-/m0/s1. The van der Waals surface area contributed by atoms with E-state index in [1.165, 1.54) is 12.5 Å². The molecule has 0 aromatic rings. The number of aliphatic imine (C=N–C) groups is 1. The molecule has 0 aliphatic carbocycles. The monoisotopic (exact) mass is 361 g/mol. The second-order valence-electron chi connectivity index (χ2n) is 6.93. The molecule has 1 atom stereocenters. The summed E-state index contributed by atoms with van der Waals surface area (Å²) in [7, 11) is 0. The molecule has 0 rings (SSSR count). The third kappa shape index (κ3) is 12.7. The Morgan fingerprint density at radius 2 is 1.54 bits per heavy atom. The molecule has 0 bridgehead atoms. The lowest BCUT2D eigenvalue weighted by Gasteiger charge is -2.20. The van der Waals surface area contributed by atoms with E-state index < -0.39 is 35.3 Å². The zero-order chi connectivity index (χ0) is 19.0. The average molecular weight is 361 g/mol. The topological polar surface area (TPSA) is 106 Å². The van der Waals surface area contributed by atoms with Gasteiger partial charge in [-0.15, -0.1) is 0 Å². The normalized spacial score (nSPS) is 13.3. The van der Waals surface area contributed by atoms with Gasteiger partial charge in [-0.3, -0.25) is 4.79 Å². The Bertz CT molecular complexity index is 480. The summed E-state index contributed by atoms with van der Waals surface area (Å²) in [6, 6.07) is -0.810. The smallest absolute Gasteiger partial charge is 0.408 e. The van der Waals surface area contributed by atoms with Crippen LogP contribution in [-0.4, -0.2) is 46.8 Å². The number of hydrogen-bond donors (Lipinski definition) is 2. The molecule has 3 amide bonds. The van der Waals surface area contributed by atoms with E-state index in [0.29, 0.717) is 0 Å². The van der Waals surface area contributed by atoms with Crippen molar-refractivity contribution < 1.29 is 23.9 Å². The van der Waals surface area contributed by atoms with Gasteiger partial charge >= 0.3 is 12.2 Å². The van der Waals surface area contributed by atoms with Gasteiger partial charge < -0.3 is 20.1 Å². The highest BCUT2D eigenvalue weighted by Gasteiger charge is 2.20. The largest absolute Gasteiger partial charge is 0.444 e. The maximum Gasteiger partial charge on any atom is 0.408 e. The summed E-state index contributed by atoms with van der Waals surface area (Å²) < 4.78 is 10.1. The zero-order valence-electron chi connectivity index (χ0n) is 15.3. The van der Waals surface area contributed by atoms with Crippen LogP contribution in [0.5, 0.6) is 0 Å². The van der Waals surface area contributed by atoms with E-state index in [2.05, 4.69) is 15.6 Å². The highest BCUT2D eigenvalue weighted by atomic mass is 32.2. The Balaban J connectivity index is 4.08. The second kappa shape index (κ2) is 9.51. The van der Waals surface area contributed by atoms with Gasteiger partial charge in [0.2, 0.25) is 0 Å². The molecule has 0 saturated heterocycles. The molecule has 8 nitrogen and oxygen atoms in total. The summed E-state index contributed by atoms with van der Waals surface area (Å²) in [5.74, 6) is -0.315. The molecule has 138 valence electrons. The first kappa shape index (κ1) is 22.2. The summed E-state index contributed by atoms with van der Waals surface area (Å²) in [6.07, 6.45) is -1.23. The maximum atomic E-state index is 11.7. The lowest BCUT2D eigenvalue weighted by molar-refractivity contribution is -0.119. The molecule has 0 aromatic heterocycles. The van der Waals surface area contributed by atoms with Crippen LogP contribution in [0.2, 0.25) is 0 Å². The highest BCUT2D eigenvalue weighted by Crippen LogP contribution is 2.07. The molecular formula is C15H27N3O5S. The van der Waals surface area contributed by atoms with Crippen molar-refractivity contribution >= 4 is 35.4 Å². The maximum absolute atomic E-state index is 11.7. The molecule has 0 radical (unpaired) electrons. The second-order valence-corrected chi connectivity index (χ2v) is 7.76. The molecule has 0 unspecified atom stereocenters. The predicted octanol–water partition coefficient (Wildman–Crippen LogP) is 2.67. The van der Waals surface area contributed by atoms with Crippen molar-refractivity contribution in [3.05, 3.63) is 0 Å². The van der Waals surface area contributed by atoms with Gasteiger partial charge in [-0.25, -0.2) is 14.6 Å². The first-order valence-electron chi connectivity index (χ1n) is 7.44. The third-order valence-electron chi connectivity index (χ3n) is 2.06. The van der Waals surface area contributed by atoms with E-state index in [-0.39, 0.29) is 5.88 Å². The van der Waals surface area contributed by atoms with Crippen LogP contribution in [0.1, 0.15) is 48.5 Å². The van der Waals surface area contributed by atoms with E-state index in [1.54, 1.807) is 41.5 Å². The van der Waals surface area contributed by atoms with Crippen molar-refractivity contribution in [3.8, 4) is 0 Å². The molecule has 0 spiro atoms. The average Bonchev–Trinajstić information content (AvgIpc) is 2.33. The molecule has 0 saturated carbocycles. The van der Waals surface area contributed by atoms with Crippen LogP contribution in [0, 0.1) is 0 Å². The Kier molecular flexibility index (Phi) is 8.81. The van der Waals surface area contributed by atoms with Gasteiger partial charge in [0.05, 0.1) is 11.4 Å². The predicted molar refractivity (Wildman–Crippen MR) is 94.2 cm³/mol. The van der Waals surface area contributed by atoms with Crippen molar-refractivity contribution in [2.45, 2.75) is 65.7 Å². The molecule has 2 N–H and O–H groups in total. The van der Waals surface area contributed by atoms with Gasteiger partial charge in [0.15, 0.2) is 0 Å². The number of nitrogens with one attached hydrogen (secondary N) is 2. The molecule has 24 heavy (non-hydrogen) atoms. The number of ether oxygens (including phenoxy) is 2. The lowest BCUT2D eigenvalue weighted by Crippen LogP contribution is -2.41. The molecule has 0 heterocycles. The summed E-state index contributed by atoms with van der Waals surface area (Å²) >= 11 is 1.11. The highest BCUT2D eigenvalue weighted by molar-refractivity contribution is 8.12. The number of hydrogen-bond acceptors (Lipinski definition) is 6. The van der Waals surface area contributed by atoms with Crippen molar-refractivity contribution in [3.63, 3.8) is 0 Å². The number of carbonyl (C=O) groups is 3. The van der Waals surface area contributed by atoms with Crippen molar-refractivity contribution in [1.29, 1.82) is 0 Å². The Morgan fingerprint density at radius 3 is 2.04 bits per heavy atom. The van der Waals surface area contributed by atoms with Gasteiger partial charge in [0.25, 0.3) is 5.91 Å². The van der Waals surface area contributed by atoms with E-state index >= 15 is 0 Å².